The third-order valence-corrected chi connectivity index (χ3v) is 6.39. The molecule has 0 amide bonds. The first-order chi connectivity index (χ1) is 13.6. The largest absolute Gasteiger partial charge is 0.494 e. The summed E-state index contributed by atoms with van der Waals surface area (Å²) in [4.78, 5) is 13.2. The number of halogens is 2. The Morgan fingerprint density at radius 2 is 1.83 bits per heavy atom. The lowest BCUT2D eigenvalue weighted by atomic mass is 9.78. The molecule has 29 heavy (non-hydrogen) atoms. The molecule has 0 unspecified atom stereocenters. The monoisotopic (exact) mass is 405 g/mol. The number of pyridine rings is 1. The quantitative estimate of drug-likeness (QED) is 0.713. The number of hydrogen-bond donors (Lipinski definition) is 0. The van der Waals surface area contributed by atoms with Gasteiger partial charge in [-0.05, 0) is 58.5 Å². The van der Waals surface area contributed by atoms with E-state index in [0.717, 1.165) is 24.7 Å². The van der Waals surface area contributed by atoms with Gasteiger partial charge < -0.3 is 18.6 Å². The summed E-state index contributed by atoms with van der Waals surface area (Å²) in [6, 6.07) is 5.35. The average Bonchev–Trinajstić information content (AvgIpc) is 2.82. The Hall–Kier alpha value is -1.93. The third kappa shape index (κ3) is 3.57. The van der Waals surface area contributed by atoms with Crippen LogP contribution in [0.3, 0.4) is 0 Å². The van der Waals surface area contributed by atoms with Gasteiger partial charge in [0.15, 0.2) is 0 Å². The van der Waals surface area contributed by atoms with Crippen LogP contribution in [0.25, 0.3) is 10.8 Å². The van der Waals surface area contributed by atoms with Gasteiger partial charge in [-0.3, -0.25) is 4.79 Å². The second kappa shape index (κ2) is 7.09. The topological polar surface area (TPSA) is 49.7 Å². The van der Waals surface area contributed by atoms with E-state index in [1.165, 1.54) is 0 Å². The molecule has 1 saturated heterocycles. The van der Waals surface area contributed by atoms with Gasteiger partial charge in [-0.1, -0.05) is 12.1 Å². The van der Waals surface area contributed by atoms with Gasteiger partial charge >= 0.3 is 7.12 Å². The van der Waals surface area contributed by atoms with Gasteiger partial charge in [0, 0.05) is 11.4 Å². The smallest absolute Gasteiger partial charge is 0.485 e. The Balaban J connectivity index is 1.79. The SMILES string of the molecule is CC1(C)OB(c2ccc3c(OCC(F)F)cn(C4CCC4)c(=O)c3c2)OC1(C)C. The first-order valence-corrected chi connectivity index (χ1v) is 10.0. The minimum Gasteiger partial charge on any atom is -0.485 e. The molecular formula is C21H26BF2NO4. The third-order valence-electron chi connectivity index (χ3n) is 6.39. The van der Waals surface area contributed by atoms with E-state index < -0.39 is 31.4 Å². The molecule has 2 aromatic rings. The first kappa shape index (κ1) is 20.4. The van der Waals surface area contributed by atoms with E-state index in [2.05, 4.69) is 0 Å². The molecule has 0 bridgehead atoms. The van der Waals surface area contributed by atoms with Crippen molar-refractivity contribution in [1.29, 1.82) is 0 Å². The number of nitrogens with zero attached hydrogens (tertiary/aromatic N) is 1. The van der Waals surface area contributed by atoms with Crippen LogP contribution in [0.2, 0.25) is 0 Å². The maximum Gasteiger partial charge on any atom is 0.494 e. The molecule has 1 aliphatic heterocycles. The standard InChI is InChI=1S/C21H26BF2NO4/c1-20(2)21(3,4)29-22(28-20)13-8-9-15-16(10-13)19(26)25(14-6-5-7-14)11-17(15)27-12-18(23)24/h8-11,14,18H,5-7,12H2,1-4H3. The molecule has 1 aromatic heterocycles. The second-order valence-corrected chi connectivity index (χ2v) is 8.89. The summed E-state index contributed by atoms with van der Waals surface area (Å²) in [5.74, 6) is 0.298. The lowest BCUT2D eigenvalue weighted by Crippen LogP contribution is -2.41. The van der Waals surface area contributed by atoms with Crippen molar-refractivity contribution in [3.05, 3.63) is 34.7 Å². The highest BCUT2D eigenvalue weighted by molar-refractivity contribution is 6.62. The Morgan fingerprint density at radius 3 is 2.38 bits per heavy atom. The Labute approximate surface area is 169 Å². The van der Waals surface area contributed by atoms with Gasteiger partial charge in [-0.2, -0.15) is 0 Å². The summed E-state index contributed by atoms with van der Waals surface area (Å²) in [5, 5.41) is 0.947. The summed E-state index contributed by atoms with van der Waals surface area (Å²) in [6.45, 7) is 7.15. The Morgan fingerprint density at radius 1 is 1.17 bits per heavy atom. The second-order valence-electron chi connectivity index (χ2n) is 8.89. The minimum atomic E-state index is -2.59. The molecule has 156 valence electrons. The minimum absolute atomic E-state index is 0.0845. The molecule has 4 rings (SSSR count). The van der Waals surface area contributed by atoms with E-state index in [9.17, 15) is 13.6 Å². The summed E-state index contributed by atoms with van der Waals surface area (Å²) < 4.78 is 44.6. The van der Waals surface area contributed by atoms with E-state index in [4.69, 9.17) is 14.0 Å². The van der Waals surface area contributed by atoms with Gasteiger partial charge in [0.25, 0.3) is 12.0 Å². The number of rotatable bonds is 5. The number of fused-ring (bicyclic) bond motifs is 1. The molecule has 0 radical (unpaired) electrons. The molecule has 5 nitrogen and oxygen atoms in total. The van der Waals surface area contributed by atoms with E-state index in [1.54, 1.807) is 29.0 Å². The fraction of sp³-hybridized carbons (Fsp3) is 0.571. The predicted octanol–water partition coefficient (Wildman–Crippen LogP) is 3.67. The number of hydrogen-bond acceptors (Lipinski definition) is 4. The highest BCUT2D eigenvalue weighted by atomic mass is 19.3. The molecule has 8 heteroatoms. The van der Waals surface area contributed by atoms with E-state index >= 15 is 0 Å². The number of alkyl halides is 2. The van der Waals surface area contributed by atoms with E-state index in [-0.39, 0.29) is 11.6 Å². The van der Waals surface area contributed by atoms with Gasteiger partial charge in [-0.15, -0.1) is 0 Å². The first-order valence-electron chi connectivity index (χ1n) is 10.0. The summed E-state index contributed by atoms with van der Waals surface area (Å²) in [7, 11) is -0.605. The normalized spacial score (nSPS) is 21.0. The van der Waals surface area contributed by atoms with Crippen molar-refractivity contribution in [3.63, 3.8) is 0 Å². The molecule has 2 fully saturated rings. The van der Waals surface area contributed by atoms with Gasteiger partial charge in [0.1, 0.15) is 12.4 Å². The predicted molar refractivity (Wildman–Crippen MR) is 108 cm³/mol. The molecule has 0 spiro atoms. The van der Waals surface area contributed by atoms with Crippen molar-refractivity contribution < 1.29 is 22.8 Å². The van der Waals surface area contributed by atoms with Crippen molar-refractivity contribution in [3.8, 4) is 5.75 Å². The highest BCUT2D eigenvalue weighted by Crippen LogP contribution is 2.37. The molecule has 2 heterocycles. The van der Waals surface area contributed by atoms with Gasteiger partial charge in [0.05, 0.1) is 22.8 Å². The zero-order valence-corrected chi connectivity index (χ0v) is 17.2. The van der Waals surface area contributed by atoms with Crippen molar-refractivity contribution in [2.75, 3.05) is 6.61 Å². The fourth-order valence-electron chi connectivity index (χ4n) is 3.68. The van der Waals surface area contributed by atoms with Crippen LogP contribution in [0.15, 0.2) is 29.2 Å². The zero-order chi connectivity index (χ0) is 21.0. The molecule has 1 aliphatic carbocycles. The summed E-state index contributed by atoms with van der Waals surface area (Å²) in [6.07, 6.45) is 1.84. The van der Waals surface area contributed by atoms with Crippen molar-refractivity contribution in [2.45, 2.75) is 70.6 Å². The summed E-state index contributed by atoms with van der Waals surface area (Å²) >= 11 is 0. The lowest BCUT2D eigenvalue weighted by molar-refractivity contribution is 0.00578. The van der Waals surface area contributed by atoms with Crippen LogP contribution in [0.1, 0.15) is 53.0 Å². The molecule has 0 N–H and O–H groups in total. The lowest BCUT2D eigenvalue weighted by Gasteiger charge is -2.32. The van der Waals surface area contributed by atoms with Crippen LogP contribution < -0.4 is 15.8 Å². The molecule has 0 atom stereocenters. The maximum absolute atomic E-state index is 13.2. The number of aromatic nitrogens is 1. The number of ether oxygens (including phenoxy) is 1. The van der Waals surface area contributed by atoms with Crippen LogP contribution >= 0.6 is 0 Å². The van der Waals surface area contributed by atoms with Gasteiger partial charge in [-0.25, -0.2) is 8.78 Å². The number of benzene rings is 1. The molecule has 2 aliphatic rings. The highest BCUT2D eigenvalue weighted by Gasteiger charge is 2.51. The fourth-order valence-corrected chi connectivity index (χ4v) is 3.68. The average molecular weight is 405 g/mol. The molecule has 1 saturated carbocycles. The van der Waals surface area contributed by atoms with Crippen LogP contribution in [-0.2, 0) is 9.31 Å². The van der Waals surface area contributed by atoms with Crippen molar-refractivity contribution in [1.82, 2.24) is 4.57 Å². The van der Waals surface area contributed by atoms with E-state index in [0.29, 0.717) is 16.5 Å². The van der Waals surface area contributed by atoms with Crippen LogP contribution in [0.5, 0.6) is 5.75 Å². The zero-order valence-electron chi connectivity index (χ0n) is 17.2. The molecular weight excluding hydrogens is 379 g/mol. The van der Waals surface area contributed by atoms with E-state index in [1.807, 2.05) is 27.7 Å². The summed E-state index contributed by atoms with van der Waals surface area (Å²) in [5.41, 5.74) is -0.422. The Bertz CT molecular complexity index is 969. The molecule has 1 aromatic carbocycles. The maximum atomic E-state index is 13.2. The van der Waals surface area contributed by atoms with Crippen LogP contribution in [0.4, 0.5) is 8.78 Å². The van der Waals surface area contributed by atoms with Crippen LogP contribution in [-0.4, -0.2) is 35.9 Å². The Kier molecular flexibility index (Phi) is 4.98. The van der Waals surface area contributed by atoms with Crippen LogP contribution in [0, 0.1) is 0 Å². The van der Waals surface area contributed by atoms with Crippen molar-refractivity contribution in [2.24, 2.45) is 0 Å². The van der Waals surface area contributed by atoms with Gasteiger partial charge in [0.2, 0.25) is 0 Å². The van der Waals surface area contributed by atoms with Crippen molar-refractivity contribution >= 4 is 23.4 Å².